The second-order valence-electron chi connectivity index (χ2n) is 4.96. The molecule has 1 N–H and O–H groups in total. The van der Waals surface area contributed by atoms with Crippen LogP contribution in [0.2, 0.25) is 5.02 Å². The molecular formula is C17H14ClF2NO4. The molecule has 0 saturated heterocycles. The zero-order chi connectivity index (χ0) is 18.4. The lowest BCUT2D eigenvalue weighted by Crippen LogP contribution is -2.32. The third-order valence-corrected chi connectivity index (χ3v) is 3.31. The molecule has 1 unspecified atom stereocenters. The van der Waals surface area contributed by atoms with E-state index in [1.165, 1.54) is 6.92 Å². The molecule has 1 amide bonds. The Labute approximate surface area is 147 Å². The van der Waals surface area contributed by atoms with Gasteiger partial charge in [-0.05, 0) is 43.3 Å². The van der Waals surface area contributed by atoms with E-state index < -0.39 is 41.9 Å². The molecular weight excluding hydrogens is 356 g/mol. The number of hydrogen-bond acceptors (Lipinski definition) is 4. The van der Waals surface area contributed by atoms with Crippen LogP contribution in [0.5, 0.6) is 5.75 Å². The molecule has 0 aliphatic rings. The first-order chi connectivity index (χ1) is 11.9. The van der Waals surface area contributed by atoms with Gasteiger partial charge in [0.25, 0.3) is 5.91 Å². The molecule has 0 radical (unpaired) electrons. The average Bonchev–Trinajstić information content (AvgIpc) is 2.57. The zero-order valence-corrected chi connectivity index (χ0v) is 13.8. The quantitative estimate of drug-likeness (QED) is 0.791. The fourth-order valence-electron chi connectivity index (χ4n) is 1.80. The number of esters is 1. The number of anilines is 1. The summed E-state index contributed by atoms with van der Waals surface area (Å²) in [4.78, 5) is 23.6. The lowest BCUT2D eigenvalue weighted by Gasteiger charge is -2.14. The van der Waals surface area contributed by atoms with Gasteiger partial charge in [-0.15, -0.1) is 0 Å². The number of hydrogen-bond donors (Lipinski definition) is 1. The Bertz CT molecular complexity index is 747. The van der Waals surface area contributed by atoms with Crippen LogP contribution in [-0.2, 0) is 14.3 Å². The van der Waals surface area contributed by atoms with Gasteiger partial charge in [-0.25, -0.2) is 13.6 Å². The molecule has 2 aromatic carbocycles. The molecule has 1 atom stereocenters. The van der Waals surface area contributed by atoms with Crippen molar-refractivity contribution in [2.75, 3.05) is 11.9 Å². The average molecular weight is 370 g/mol. The Morgan fingerprint density at radius 1 is 1.12 bits per heavy atom. The number of carbonyl (C=O) groups is 2. The van der Waals surface area contributed by atoms with E-state index in [-0.39, 0.29) is 0 Å². The first kappa shape index (κ1) is 18.7. The maximum Gasteiger partial charge on any atom is 0.344 e. The molecule has 0 heterocycles. The van der Waals surface area contributed by atoms with Crippen LogP contribution in [0.4, 0.5) is 14.5 Å². The Balaban J connectivity index is 1.85. The van der Waals surface area contributed by atoms with E-state index in [0.29, 0.717) is 10.8 Å². The maximum absolute atomic E-state index is 13.5. The molecule has 25 heavy (non-hydrogen) atoms. The summed E-state index contributed by atoms with van der Waals surface area (Å²) in [5.41, 5.74) is -0.604. The van der Waals surface area contributed by atoms with Crippen LogP contribution in [-0.4, -0.2) is 24.6 Å². The minimum atomic E-state index is -1.26. The van der Waals surface area contributed by atoms with Gasteiger partial charge in [0.05, 0.1) is 0 Å². The number of halogens is 3. The van der Waals surface area contributed by atoms with Crippen LogP contribution in [0.3, 0.4) is 0 Å². The topological polar surface area (TPSA) is 64.6 Å². The van der Waals surface area contributed by atoms with Crippen LogP contribution in [0.25, 0.3) is 0 Å². The minimum absolute atomic E-state index is 0.395. The van der Waals surface area contributed by atoms with Crippen LogP contribution >= 0.6 is 11.6 Å². The number of ether oxygens (including phenoxy) is 2. The summed E-state index contributed by atoms with van der Waals surface area (Å²) in [6, 6.07) is 9.45. The van der Waals surface area contributed by atoms with Crippen molar-refractivity contribution in [2.45, 2.75) is 13.0 Å². The molecule has 0 saturated carbocycles. The summed E-state index contributed by atoms with van der Waals surface area (Å²) < 4.78 is 37.0. The number of carbonyl (C=O) groups excluding carboxylic acids is 2. The van der Waals surface area contributed by atoms with Crippen molar-refractivity contribution in [3.8, 4) is 5.75 Å². The van der Waals surface area contributed by atoms with Crippen molar-refractivity contribution in [3.05, 3.63) is 59.1 Å². The SMILES string of the molecule is CC(OC(=O)COc1ccc(Cl)cc1)C(=O)Nc1c(F)cccc1F. The Kier molecular flexibility index (Phi) is 6.30. The maximum atomic E-state index is 13.5. The van der Waals surface area contributed by atoms with Crippen molar-refractivity contribution >= 4 is 29.2 Å². The van der Waals surface area contributed by atoms with Crippen LogP contribution in [0.15, 0.2) is 42.5 Å². The summed E-state index contributed by atoms with van der Waals surface area (Å²) in [5, 5.41) is 2.56. The molecule has 2 rings (SSSR count). The molecule has 0 bridgehead atoms. The Morgan fingerprint density at radius 3 is 2.32 bits per heavy atom. The number of benzene rings is 2. The van der Waals surface area contributed by atoms with Crippen molar-refractivity contribution in [1.29, 1.82) is 0 Å². The predicted molar refractivity (Wildman–Crippen MR) is 87.5 cm³/mol. The van der Waals surface area contributed by atoms with E-state index in [1.54, 1.807) is 24.3 Å². The van der Waals surface area contributed by atoms with Gasteiger partial charge in [-0.2, -0.15) is 0 Å². The van der Waals surface area contributed by atoms with Gasteiger partial charge in [0.1, 0.15) is 23.1 Å². The van der Waals surface area contributed by atoms with Gasteiger partial charge >= 0.3 is 5.97 Å². The van der Waals surface area contributed by atoms with E-state index in [0.717, 1.165) is 18.2 Å². The summed E-state index contributed by atoms with van der Waals surface area (Å²) in [7, 11) is 0. The van der Waals surface area contributed by atoms with Crippen molar-refractivity contribution in [3.63, 3.8) is 0 Å². The van der Waals surface area contributed by atoms with Gasteiger partial charge < -0.3 is 14.8 Å². The molecule has 5 nitrogen and oxygen atoms in total. The molecule has 8 heteroatoms. The van der Waals surface area contributed by atoms with E-state index in [1.807, 2.05) is 5.32 Å². The van der Waals surface area contributed by atoms with E-state index in [2.05, 4.69) is 0 Å². The smallest absolute Gasteiger partial charge is 0.344 e. The number of amides is 1. The van der Waals surface area contributed by atoms with Gasteiger partial charge in [0, 0.05) is 5.02 Å². The molecule has 0 fully saturated rings. The van der Waals surface area contributed by atoms with E-state index in [4.69, 9.17) is 21.1 Å². The Morgan fingerprint density at radius 2 is 1.72 bits per heavy atom. The van der Waals surface area contributed by atoms with Crippen molar-refractivity contribution in [2.24, 2.45) is 0 Å². The molecule has 0 spiro atoms. The Hall–Kier alpha value is -2.67. The summed E-state index contributed by atoms with van der Waals surface area (Å²) in [5.74, 6) is -3.15. The predicted octanol–water partition coefficient (Wildman–Crippen LogP) is 3.57. The van der Waals surface area contributed by atoms with E-state index in [9.17, 15) is 18.4 Å². The molecule has 0 aromatic heterocycles. The first-order valence-electron chi connectivity index (χ1n) is 7.19. The van der Waals surface area contributed by atoms with Crippen molar-refractivity contribution in [1.82, 2.24) is 0 Å². The third kappa shape index (κ3) is 5.42. The second-order valence-corrected chi connectivity index (χ2v) is 5.40. The summed E-state index contributed by atoms with van der Waals surface area (Å²) in [6.45, 7) is 0.835. The third-order valence-electron chi connectivity index (χ3n) is 3.06. The minimum Gasteiger partial charge on any atom is -0.482 e. The highest BCUT2D eigenvalue weighted by Gasteiger charge is 2.21. The number of nitrogens with one attached hydrogen (secondary N) is 1. The highest BCUT2D eigenvalue weighted by molar-refractivity contribution is 6.30. The fraction of sp³-hybridized carbons (Fsp3) is 0.176. The molecule has 0 aliphatic carbocycles. The van der Waals surface area contributed by atoms with Crippen molar-refractivity contribution < 1.29 is 27.8 Å². The lowest BCUT2D eigenvalue weighted by molar-refractivity contribution is -0.155. The van der Waals surface area contributed by atoms with Gasteiger partial charge in [0.2, 0.25) is 0 Å². The normalized spacial score (nSPS) is 11.5. The standard InChI is InChI=1S/C17H14ClF2NO4/c1-10(17(23)21-16-13(19)3-2-4-14(16)20)25-15(22)9-24-12-7-5-11(18)6-8-12/h2-8,10H,9H2,1H3,(H,21,23). The highest BCUT2D eigenvalue weighted by Crippen LogP contribution is 2.18. The zero-order valence-electron chi connectivity index (χ0n) is 13.1. The van der Waals surface area contributed by atoms with Gasteiger partial charge in [-0.1, -0.05) is 17.7 Å². The first-order valence-corrected chi connectivity index (χ1v) is 7.57. The van der Waals surface area contributed by atoms with Crippen LogP contribution < -0.4 is 10.1 Å². The monoisotopic (exact) mass is 369 g/mol. The van der Waals surface area contributed by atoms with E-state index >= 15 is 0 Å². The number of rotatable bonds is 6. The largest absolute Gasteiger partial charge is 0.482 e. The summed E-state index contributed by atoms with van der Waals surface area (Å²) in [6.07, 6.45) is -1.26. The highest BCUT2D eigenvalue weighted by atomic mass is 35.5. The summed E-state index contributed by atoms with van der Waals surface area (Å²) >= 11 is 5.72. The number of para-hydroxylation sites is 1. The van der Waals surface area contributed by atoms with Gasteiger partial charge in [-0.3, -0.25) is 4.79 Å². The lowest BCUT2D eigenvalue weighted by atomic mass is 10.2. The molecule has 132 valence electrons. The second kappa shape index (κ2) is 8.43. The van der Waals surface area contributed by atoms with Crippen LogP contribution in [0, 0.1) is 11.6 Å². The molecule has 2 aromatic rings. The fourth-order valence-corrected chi connectivity index (χ4v) is 1.93. The van der Waals surface area contributed by atoms with Crippen LogP contribution in [0.1, 0.15) is 6.92 Å². The van der Waals surface area contributed by atoms with Gasteiger partial charge in [0.15, 0.2) is 12.7 Å². The molecule has 0 aliphatic heterocycles.